The molecule has 154 valence electrons. The van der Waals surface area contributed by atoms with Gasteiger partial charge in [-0.15, -0.1) is 0 Å². The molecular weight excluding hydrogens is 363 g/mol. The summed E-state index contributed by atoms with van der Waals surface area (Å²) in [5, 5.41) is 2.75. The average molecular weight is 392 g/mol. The Hall–Kier alpha value is -2.57. The van der Waals surface area contributed by atoms with E-state index in [0.29, 0.717) is 18.7 Å². The number of ether oxygens (including phenoxy) is 2. The second-order valence-electron chi connectivity index (χ2n) is 7.79. The highest BCUT2D eigenvalue weighted by Gasteiger charge is 2.26. The molecule has 2 rings (SSSR count). The number of hydrogen-bond donors (Lipinski definition) is 1. The maximum atomic E-state index is 13.8. The number of methoxy groups -OCH3 is 1. The highest BCUT2D eigenvalue weighted by atomic mass is 19.1. The molecule has 1 unspecified atom stereocenters. The summed E-state index contributed by atoms with van der Waals surface area (Å²) >= 11 is 0. The van der Waals surface area contributed by atoms with Crippen molar-refractivity contribution in [2.75, 3.05) is 20.2 Å². The summed E-state index contributed by atoms with van der Waals surface area (Å²) in [6.45, 7) is 6.37. The van der Waals surface area contributed by atoms with Gasteiger partial charge in [0.15, 0.2) is 11.6 Å². The van der Waals surface area contributed by atoms with E-state index in [1.807, 2.05) is 0 Å². The van der Waals surface area contributed by atoms with E-state index in [2.05, 4.69) is 5.32 Å². The number of carbonyl (C=O) groups is 2. The lowest BCUT2D eigenvalue weighted by molar-refractivity contribution is -0.129. The molecule has 1 saturated heterocycles. The monoisotopic (exact) mass is 392 g/mol. The maximum absolute atomic E-state index is 13.8. The second kappa shape index (κ2) is 9.57. The number of hydrogen-bond acceptors (Lipinski definition) is 4. The Morgan fingerprint density at radius 1 is 1.32 bits per heavy atom. The van der Waals surface area contributed by atoms with Crippen LogP contribution in [0.2, 0.25) is 0 Å². The first-order valence-electron chi connectivity index (χ1n) is 9.48. The molecule has 1 aromatic carbocycles. The first-order chi connectivity index (χ1) is 13.2. The number of nitrogens with zero attached hydrogens (tertiary/aromatic N) is 1. The molecule has 1 fully saturated rings. The topological polar surface area (TPSA) is 67.9 Å². The number of alkyl carbamates (subject to hydrolysis) is 1. The molecule has 1 aliphatic rings. The predicted octanol–water partition coefficient (Wildman–Crippen LogP) is 3.75. The van der Waals surface area contributed by atoms with Crippen LogP contribution in [0.15, 0.2) is 24.3 Å². The number of likely N-dealkylation sites (tertiary alicyclic amines) is 1. The Labute approximate surface area is 165 Å². The van der Waals surface area contributed by atoms with Gasteiger partial charge in [0.2, 0.25) is 5.91 Å². The Kier molecular flexibility index (Phi) is 7.43. The first kappa shape index (κ1) is 21.7. The number of rotatable bonds is 5. The zero-order valence-corrected chi connectivity index (χ0v) is 17.0. The molecule has 0 spiro atoms. The molecule has 7 heteroatoms. The Bertz CT molecular complexity index is 728. The van der Waals surface area contributed by atoms with Gasteiger partial charge in [0.1, 0.15) is 5.60 Å². The third kappa shape index (κ3) is 6.55. The van der Waals surface area contributed by atoms with Gasteiger partial charge in [-0.1, -0.05) is 6.07 Å². The van der Waals surface area contributed by atoms with E-state index in [1.54, 1.807) is 37.8 Å². The van der Waals surface area contributed by atoms with Crippen molar-refractivity contribution in [3.05, 3.63) is 35.7 Å². The van der Waals surface area contributed by atoms with Crippen LogP contribution in [0.5, 0.6) is 5.75 Å². The summed E-state index contributed by atoms with van der Waals surface area (Å²) in [5.41, 5.74) is 0.00908. The quantitative estimate of drug-likeness (QED) is 0.775. The lowest BCUT2D eigenvalue weighted by Gasteiger charge is -2.35. The zero-order valence-electron chi connectivity index (χ0n) is 17.0. The largest absolute Gasteiger partial charge is 0.494 e. The molecule has 0 saturated carbocycles. The number of carbonyl (C=O) groups excluding carboxylic acids is 2. The van der Waals surface area contributed by atoms with Crippen molar-refractivity contribution < 1.29 is 23.5 Å². The van der Waals surface area contributed by atoms with Crippen molar-refractivity contribution in [3.63, 3.8) is 0 Å². The standard InChI is InChI=1S/C21H29FN2O4/c1-21(2,3)28-20(26)23-14-16-7-5-6-12-24(16)19(25)11-9-15-8-10-18(27-4)17(22)13-15/h8-11,13,16H,5-7,12,14H2,1-4H3,(H,23,26)/b11-9+. The SMILES string of the molecule is COc1ccc(/C=C/C(=O)N2CCCCC2CNC(=O)OC(C)(C)C)cc1F. The van der Waals surface area contributed by atoms with Gasteiger partial charge in [0.05, 0.1) is 7.11 Å². The summed E-state index contributed by atoms with van der Waals surface area (Å²) in [6.07, 6.45) is 5.25. The molecule has 2 amide bonds. The van der Waals surface area contributed by atoms with Crippen molar-refractivity contribution in [3.8, 4) is 5.75 Å². The van der Waals surface area contributed by atoms with E-state index in [9.17, 15) is 14.0 Å². The van der Waals surface area contributed by atoms with Gasteiger partial charge in [-0.25, -0.2) is 9.18 Å². The molecule has 0 radical (unpaired) electrons. The van der Waals surface area contributed by atoms with Gasteiger partial charge < -0.3 is 19.7 Å². The summed E-state index contributed by atoms with van der Waals surface area (Å²) in [5.74, 6) is -0.478. The minimum atomic E-state index is -0.567. The van der Waals surface area contributed by atoms with Gasteiger partial charge in [0.25, 0.3) is 0 Å². The molecule has 1 aliphatic heterocycles. The normalized spacial score (nSPS) is 17.5. The number of piperidine rings is 1. The molecule has 1 N–H and O–H groups in total. The number of nitrogens with one attached hydrogen (secondary N) is 1. The van der Waals surface area contributed by atoms with Gasteiger partial charge in [0, 0.05) is 25.2 Å². The fourth-order valence-corrected chi connectivity index (χ4v) is 3.07. The van der Waals surface area contributed by atoms with Crippen LogP contribution in [0, 0.1) is 5.82 Å². The molecule has 1 heterocycles. The third-order valence-corrected chi connectivity index (χ3v) is 4.39. The van der Waals surface area contributed by atoms with E-state index in [0.717, 1.165) is 19.3 Å². The van der Waals surface area contributed by atoms with Crippen molar-refractivity contribution >= 4 is 18.1 Å². The minimum absolute atomic E-state index is 0.0916. The predicted molar refractivity (Wildman–Crippen MR) is 106 cm³/mol. The van der Waals surface area contributed by atoms with Crippen LogP contribution in [0.1, 0.15) is 45.6 Å². The smallest absolute Gasteiger partial charge is 0.407 e. The molecule has 28 heavy (non-hydrogen) atoms. The third-order valence-electron chi connectivity index (χ3n) is 4.39. The highest BCUT2D eigenvalue weighted by molar-refractivity contribution is 5.92. The average Bonchev–Trinajstić information content (AvgIpc) is 2.63. The van der Waals surface area contributed by atoms with Gasteiger partial charge >= 0.3 is 6.09 Å². The van der Waals surface area contributed by atoms with Crippen LogP contribution in [0.25, 0.3) is 6.08 Å². The number of halogens is 1. The molecule has 1 aromatic rings. The minimum Gasteiger partial charge on any atom is -0.494 e. The van der Waals surface area contributed by atoms with Crippen molar-refractivity contribution in [2.45, 2.75) is 51.7 Å². The lowest BCUT2D eigenvalue weighted by atomic mass is 10.0. The fraction of sp³-hybridized carbons (Fsp3) is 0.524. The van der Waals surface area contributed by atoms with E-state index in [1.165, 1.54) is 25.3 Å². The Morgan fingerprint density at radius 2 is 2.07 bits per heavy atom. The van der Waals surface area contributed by atoms with Crippen LogP contribution in [0.4, 0.5) is 9.18 Å². The summed E-state index contributed by atoms with van der Waals surface area (Å²) in [7, 11) is 1.40. The Morgan fingerprint density at radius 3 is 2.71 bits per heavy atom. The van der Waals surface area contributed by atoms with E-state index in [4.69, 9.17) is 9.47 Å². The van der Waals surface area contributed by atoms with Crippen LogP contribution in [0.3, 0.4) is 0 Å². The fourth-order valence-electron chi connectivity index (χ4n) is 3.07. The van der Waals surface area contributed by atoms with Crippen molar-refractivity contribution in [2.24, 2.45) is 0 Å². The van der Waals surface area contributed by atoms with E-state index in [-0.39, 0.29) is 17.7 Å². The second-order valence-corrected chi connectivity index (χ2v) is 7.79. The molecular formula is C21H29FN2O4. The number of amides is 2. The van der Waals surface area contributed by atoms with Gasteiger partial charge in [-0.2, -0.15) is 0 Å². The molecule has 6 nitrogen and oxygen atoms in total. The van der Waals surface area contributed by atoms with Crippen LogP contribution >= 0.6 is 0 Å². The Balaban J connectivity index is 1.97. The highest BCUT2D eigenvalue weighted by Crippen LogP contribution is 2.20. The van der Waals surface area contributed by atoms with Gasteiger partial charge in [-0.3, -0.25) is 4.79 Å². The summed E-state index contributed by atoms with van der Waals surface area (Å²) < 4.78 is 23.9. The molecule has 0 aromatic heterocycles. The maximum Gasteiger partial charge on any atom is 0.407 e. The van der Waals surface area contributed by atoms with Crippen LogP contribution < -0.4 is 10.1 Å². The lowest BCUT2D eigenvalue weighted by Crippen LogP contribution is -2.49. The summed E-state index contributed by atoms with van der Waals surface area (Å²) in [6, 6.07) is 4.43. The van der Waals surface area contributed by atoms with Crippen LogP contribution in [-0.2, 0) is 9.53 Å². The van der Waals surface area contributed by atoms with Crippen molar-refractivity contribution in [1.29, 1.82) is 0 Å². The van der Waals surface area contributed by atoms with Crippen molar-refractivity contribution in [1.82, 2.24) is 10.2 Å². The van der Waals surface area contributed by atoms with Crippen LogP contribution in [-0.4, -0.2) is 48.7 Å². The summed E-state index contributed by atoms with van der Waals surface area (Å²) in [4.78, 5) is 26.3. The van der Waals surface area contributed by atoms with Gasteiger partial charge in [-0.05, 0) is 63.8 Å². The van der Waals surface area contributed by atoms with E-state index < -0.39 is 17.5 Å². The van der Waals surface area contributed by atoms with E-state index >= 15 is 0 Å². The first-order valence-corrected chi connectivity index (χ1v) is 9.48. The number of benzene rings is 1. The zero-order chi connectivity index (χ0) is 20.7. The molecule has 1 atom stereocenters. The molecule has 0 aliphatic carbocycles. The molecule has 0 bridgehead atoms.